The van der Waals surface area contributed by atoms with E-state index in [1.807, 2.05) is 108 Å². The van der Waals surface area contributed by atoms with Crippen LogP contribution in [0, 0.1) is 0 Å². The lowest BCUT2D eigenvalue weighted by Gasteiger charge is -2.39. The van der Waals surface area contributed by atoms with Gasteiger partial charge >= 0.3 is 6.18 Å². The molecular formula is C43H42F3N5O2. The number of carbonyl (C=O) groups excluding carboxylic acids is 2. The van der Waals surface area contributed by atoms with Crippen LogP contribution in [-0.2, 0) is 35.3 Å². The van der Waals surface area contributed by atoms with Crippen molar-refractivity contribution in [2.75, 3.05) is 38.1 Å². The van der Waals surface area contributed by atoms with Crippen molar-refractivity contribution in [2.24, 2.45) is 0 Å². The molecule has 2 amide bonds. The zero-order chi connectivity index (χ0) is 37.2. The molecule has 1 fully saturated rings. The number of rotatable bonds is 12. The molecule has 1 atom stereocenters. The van der Waals surface area contributed by atoms with Gasteiger partial charge in [-0.25, -0.2) is 4.98 Å². The minimum Gasteiger partial charge on any atom is -0.338 e. The van der Waals surface area contributed by atoms with E-state index < -0.39 is 23.7 Å². The molecule has 4 aromatic carbocycles. The van der Waals surface area contributed by atoms with Crippen LogP contribution in [-0.4, -0.2) is 70.8 Å². The molecule has 0 N–H and O–H groups in total. The van der Waals surface area contributed by atoms with E-state index in [4.69, 9.17) is 0 Å². The molecule has 0 unspecified atom stereocenters. The van der Waals surface area contributed by atoms with Crippen molar-refractivity contribution in [1.29, 1.82) is 0 Å². The van der Waals surface area contributed by atoms with Gasteiger partial charge in [-0.15, -0.1) is 0 Å². The number of amides is 2. The summed E-state index contributed by atoms with van der Waals surface area (Å²) in [4.78, 5) is 41.2. The number of halogens is 3. The number of anilines is 2. The molecule has 1 aromatic heterocycles. The third-order valence-electron chi connectivity index (χ3n) is 9.45. The van der Waals surface area contributed by atoms with Crippen LogP contribution in [0.15, 0.2) is 140 Å². The van der Waals surface area contributed by atoms with E-state index >= 15 is 0 Å². The fraction of sp³-hybridized carbons (Fsp3) is 0.233. The number of aromatic nitrogens is 1. The number of pyridine rings is 1. The smallest absolute Gasteiger partial charge is 0.338 e. The molecule has 10 heteroatoms. The van der Waals surface area contributed by atoms with E-state index in [-0.39, 0.29) is 18.9 Å². The average molecular weight is 718 g/mol. The number of hydrogen-bond donors (Lipinski definition) is 0. The predicted octanol–water partition coefficient (Wildman–Crippen LogP) is 7.87. The summed E-state index contributed by atoms with van der Waals surface area (Å²) in [6.07, 6.45) is 0.341. The highest BCUT2D eigenvalue weighted by molar-refractivity contribution is 5.95. The second-order valence-electron chi connectivity index (χ2n) is 13.1. The Kier molecular flexibility index (Phi) is 12.0. The SMILES string of the molecule is CN(c1ccccc1)c1ccc(CN(C(=O)/C=C/c2ccc(C(F)(F)F)cc2)[C@@H](Cc2ccccc2)C(=O)N2CCN(Cc3ccccc3)CC2)cn1. The topological polar surface area (TPSA) is 60.0 Å². The van der Waals surface area contributed by atoms with Crippen LogP contribution in [0.4, 0.5) is 24.7 Å². The van der Waals surface area contributed by atoms with E-state index in [0.717, 1.165) is 35.5 Å². The van der Waals surface area contributed by atoms with Crippen LogP contribution in [0.2, 0.25) is 0 Å². The molecule has 0 spiro atoms. The molecule has 0 saturated carbocycles. The Morgan fingerprint density at radius 3 is 1.94 bits per heavy atom. The van der Waals surface area contributed by atoms with Crippen molar-refractivity contribution in [1.82, 2.24) is 19.7 Å². The summed E-state index contributed by atoms with van der Waals surface area (Å²) < 4.78 is 39.6. The second-order valence-corrected chi connectivity index (χ2v) is 13.1. The maximum Gasteiger partial charge on any atom is 0.416 e. The van der Waals surface area contributed by atoms with E-state index in [1.54, 1.807) is 11.1 Å². The van der Waals surface area contributed by atoms with Crippen molar-refractivity contribution < 1.29 is 22.8 Å². The molecule has 0 bridgehead atoms. The standard InChI is InChI=1S/C43H42F3N5O2/c1-48(38-15-9-4-10-16-38)40-23-19-36(30-47-40)32-51(41(52)24-20-33-17-21-37(22-18-33)43(44,45)46)39(29-34-11-5-2-6-12-34)42(53)50-27-25-49(26-28-50)31-35-13-7-3-8-14-35/h2-24,30,39H,25-29,31-32H2,1H3/b24-20+/t39-/m0/s1. The minimum atomic E-state index is -4.47. The van der Waals surface area contributed by atoms with Gasteiger partial charge in [0.15, 0.2) is 0 Å². The number of piperazine rings is 1. The molecule has 1 saturated heterocycles. The van der Waals surface area contributed by atoms with E-state index in [9.17, 15) is 22.8 Å². The molecule has 1 aliphatic rings. The fourth-order valence-corrected chi connectivity index (χ4v) is 6.42. The van der Waals surface area contributed by atoms with E-state index in [0.29, 0.717) is 37.6 Å². The van der Waals surface area contributed by atoms with Crippen molar-refractivity contribution in [3.05, 3.63) is 167 Å². The summed E-state index contributed by atoms with van der Waals surface area (Å²) in [6.45, 7) is 3.31. The van der Waals surface area contributed by atoms with Gasteiger partial charge in [0.2, 0.25) is 11.8 Å². The number of carbonyl (C=O) groups is 2. The average Bonchev–Trinajstić information content (AvgIpc) is 3.19. The summed E-state index contributed by atoms with van der Waals surface area (Å²) in [5, 5.41) is 0. The molecule has 1 aliphatic heterocycles. The maximum absolute atomic E-state index is 14.6. The van der Waals surface area contributed by atoms with Crippen molar-refractivity contribution >= 4 is 29.4 Å². The first-order valence-corrected chi connectivity index (χ1v) is 17.6. The molecule has 7 nitrogen and oxygen atoms in total. The van der Waals surface area contributed by atoms with Crippen molar-refractivity contribution in [2.45, 2.75) is 31.7 Å². The number of nitrogens with zero attached hydrogens (tertiary/aromatic N) is 5. The first-order valence-electron chi connectivity index (χ1n) is 17.6. The van der Waals surface area contributed by atoms with Crippen LogP contribution >= 0.6 is 0 Å². The Morgan fingerprint density at radius 1 is 0.755 bits per heavy atom. The zero-order valence-corrected chi connectivity index (χ0v) is 29.6. The first kappa shape index (κ1) is 37.0. The normalized spacial score (nSPS) is 14.2. The molecular weight excluding hydrogens is 675 g/mol. The van der Waals surface area contributed by atoms with Gasteiger partial charge in [-0.05, 0) is 58.7 Å². The quantitative estimate of drug-likeness (QED) is 0.123. The van der Waals surface area contributed by atoms with E-state index in [1.165, 1.54) is 29.8 Å². The second kappa shape index (κ2) is 17.2. The number of para-hydroxylation sites is 1. The summed E-state index contributed by atoms with van der Waals surface area (Å²) in [5.74, 6) is 0.121. The minimum absolute atomic E-state index is 0.0930. The van der Waals surface area contributed by atoms with Crippen molar-refractivity contribution in [3.63, 3.8) is 0 Å². The highest BCUT2D eigenvalue weighted by atomic mass is 19.4. The molecule has 5 aromatic rings. The molecule has 2 heterocycles. The molecule has 272 valence electrons. The van der Waals surface area contributed by atoms with Crippen LogP contribution < -0.4 is 4.90 Å². The van der Waals surface area contributed by atoms with Gasteiger partial charge in [-0.1, -0.05) is 97.1 Å². The Bertz CT molecular complexity index is 1950. The van der Waals surface area contributed by atoms with Crippen LogP contribution in [0.25, 0.3) is 6.08 Å². The highest BCUT2D eigenvalue weighted by Gasteiger charge is 2.34. The van der Waals surface area contributed by atoms with Crippen LogP contribution in [0.1, 0.15) is 27.8 Å². The molecule has 0 radical (unpaired) electrons. The lowest BCUT2D eigenvalue weighted by atomic mass is 10.0. The lowest BCUT2D eigenvalue weighted by molar-refractivity contribution is -0.145. The maximum atomic E-state index is 14.6. The van der Waals surface area contributed by atoms with Crippen LogP contribution in [0.5, 0.6) is 0 Å². The number of benzene rings is 4. The van der Waals surface area contributed by atoms with Gasteiger partial charge in [0, 0.05) is 70.7 Å². The van der Waals surface area contributed by atoms with Gasteiger partial charge in [-0.3, -0.25) is 14.5 Å². The van der Waals surface area contributed by atoms with Crippen LogP contribution in [0.3, 0.4) is 0 Å². The third-order valence-corrected chi connectivity index (χ3v) is 9.45. The Morgan fingerprint density at radius 2 is 1.36 bits per heavy atom. The van der Waals surface area contributed by atoms with Crippen molar-refractivity contribution in [3.8, 4) is 0 Å². The molecule has 0 aliphatic carbocycles. The number of hydrogen-bond acceptors (Lipinski definition) is 5. The molecule has 6 rings (SSSR count). The van der Waals surface area contributed by atoms with Gasteiger partial charge in [0.05, 0.1) is 5.56 Å². The van der Waals surface area contributed by atoms with Gasteiger partial charge in [0.1, 0.15) is 11.9 Å². The lowest BCUT2D eigenvalue weighted by Crippen LogP contribution is -2.56. The zero-order valence-electron chi connectivity index (χ0n) is 29.6. The Hall–Kier alpha value is -5.74. The van der Waals surface area contributed by atoms with Gasteiger partial charge in [0.25, 0.3) is 0 Å². The van der Waals surface area contributed by atoms with E-state index in [2.05, 4.69) is 22.0 Å². The summed E-state index contributed by atoms with van der Waals surface area (Å²) in [6, 6.07) is 37.2. The van der Waals surface area contributed by atoms with Gasteiger partial charge in [-0.2, -0.15) is 13.2 Å². The monoisotopic (exact) mass is 717 g/mol. The molecule has 53 heavy (non-hydrogen) atoms. The predicted molar refractivity (Wildman–Crippen MR) is 202 cm³/mol. The number of alkyl halides is 3. The Balaban J connectivity index is 1.27. The third kappa shape index (κ3) is 9.99. The van der Waals surface area contributed by atoms with Gasteiger partial charge < -0.3 is 14.7 Å². The fourth-order valence-electron chi connectivity index (χ4n) is 6.42. The summed E-state index contributed by atoms with van der Waals surface area (Å²) >= 11 is 0. The first-order chi connectivity index (χ1) is 25.6. The highest BCUT2D eigenvalue weighted by Crippen LogP contribution is 2.29. The largest absolute Gasteiger partial charge is 0.416 e. The summed E-state index contributed by atoms with van der Waals surface area (Å²) in [7, 11) is 1.92. The summed E-state index contributed by atoms with van der Waals surface area (Å²) in [5.41, 5.74) is 3.47. The Labute approximate surface area is 308 Å².